The van der Waals surface area contributed by atoms with Gasteiger partial charge in [-0.15, -0.1) is 0 Å². The first-order valence-corrected chi connectivity index (χ1v) is 15.4. The van der Waals surface area contributed by atoms with Crippen LogP contribution in [0.3, 0.4) is 0 Å². The molecule has 0 aliphatic heterocycles. The summed E-state index contributed by atoms with van der Waals surface area (Å²) in [7, 11) is -6.23. The number of rotatable bonds is 9. The van der Waals surface area contributed by atoms with Crippen molar-refractivity contribution in [1.82, 2.24) is 0 Å². The second-order valence-electron chi connectivity index (χ2n) is 8.78. The highest BCUT2D eigenvalue weighted by Crippen LogP contribution is 2.27. The molecule has 3 nitrogen and oxygen atoms in total. The Labute approximate surface area is 197 Å². The summed E-state index contributed by atoms with van der Waals surface area (Å²) in [6, 6.07) is 42.7. The molecule has 1 N–H and O–H groups in total. The predicted molar refractivity (Wildman–Crippen MR) is 136 cm³/mol. The number of hydrogen-bond acceptors (Lipinski definition) is 2. The summed E-state index contributed by atoms with van der Waals surface area (Å²) in [5, 5.41) is 0. The van der Waals surface area contributed by atoms with Crippen molar-refractivity contribution in [1.29, 1.82) is 0 Å². The van der Waals surface area contributed by atoms with E-state index in [9.17, 15) is 13.0 Å². The summed E-state index contributed by atoms with van der Waals surface area (Å²) in [5.41, 5.74) is 5.12. The van der Waals surface area contributed by atoms with Crippen molar-refractivity contribution in [2.24, 2.45) is 0 Å². The van der Waals surface area contributed by atoms with Crippen LogP contribution in [0.15, 0.2) is 120 Å². The molecule has 0 unspecified atom stereocenters. The van der Waals surface area contributed by atoms with Gasteiger partial charge in [0.1, 0.15) is 0 Å². The van der Waals surface area contributed by atoms with Crippen LogP contribution in [0.4, 0.5) is 0 Å². The van der Waals surface area contributed by atoms with Crippen LogP contribution >= 0.6 is 0 Å². The standard InChI is InChI=1S/C28H28O3SSi/c29-32(30,31)28-18-16-27(17-19-28)23-33(20-24-10-4-1-5-11-24,21-25-12-6-2-7-13-25)22-26-14-8-3-9-15-26/h1-19H,20-23H2,(H,29,30,31). The summed E-state index contributed by atoms with van der Waals surface area (Å²) in [6.07, 6.45) is 0. The fraction of sp³-hybridized carbons (Fsp3) is 0.143. The fourth-order valence-electron chi connectivity index (χ4n) is 4.67. The molecule has 5 heteroatoms. The molecule has 0 fully saturated rings. The molecule has 0 saturated carbocycles. The summed E-state index contributed by atoms with van der Waals surface area (Å²) < 4.78 is 32.4. The first-order chi connectivity index (χ1) is 15.9. The van der Waals surface area contributed by atoms with Gasteiger partial charge < -0.3 is 0 Å². The molecule has 4 aromatic rings. The van der Waals surface area contributed by atoms with Crippen LogP contribution in [-0.2, 0) is 34.3 Å². The van der Waals surface area contributed by atoms with E-state index >= 15 is 0 Å². The summed E-state index contributed by atoms with van der Waals surface area (Å²) >= 11 is 0. The highest BCUT2D eigenvalue weighted by molar-refractivity contribution is 7.85. The van der Waals surface area contributed by atoms with Crippen molar-refractivity contribution < 1.29 is 13.0 Å². The van der Waals surface area contributed by atoms with Crippen molar-refractivity contribution in [3.63, 3.8) is 0 Å². The zero-order valence-corrected chi connectivity index (χ0v) is 20.3. The lowest BCUT2D eigenvalue weighted by Crippen LogP contribution is -2.46. The highest BCUT2D eigenvalue weighted by atomic mass is 32.2. The minimum absolute atomic E-state index is 0.0623. The van der Waals surface area contributed by atoms with E-state index in [2.05, 4.69) is 91.0 Å². The average Bonchev–Trinajstić information content (AvgIpc) is 2.81. The molecule has 0 aromatic heterocycles. The Morgan fingerprint density at radius 3 is 1.09 bits per heavy atom. The zero-order chi connectivity index (χ0) is 23.2. The maximum atomic E-state index is 11.5. The number of benzene rings is 4. The third kappa shape index (κ3) is 6.51. The smallest absolute Gasteiger partial charge is 0.282 e. The van der Waals surface area contributed by atoms with Gasteiger partial charge in [-0.1, -0.05) is 125 Å². The van der Waals surface area contributed by atoms with Crippen LogP contribution in [0.1, 0.15) is 22.3 Å². The van der Waals surface area contributed by atoms with Crippen LogP contribution in [-0.4, -0.2) is 21.0 Å². The Balaban J connectivity index is 1.76. The van der Waals surface area contributed by atoms with Gasteiger partial charge in [0.05, 0.1) is 13.0 Å². The maximum Gasteiger partial charge on any atom is 0.294 e. The lowest BCUT2D eigenvalue weighted by atomic mass is 10.2. The lowest BCUT2D eigenvalue weighted by molar-refractivity contribution is 0.483. The zero-order valence-electron chi connectivity index (χ0n) is 18.5. The molecule has 0 bridgehead atoms. The molecule has 0 saturated heterocycles. The van der Waals surface area contributed by atoms with E-state index < -0.39 is 18.2 Å². The monoisotopic (exact) mass is 472 g/mol. The first-order valence-electron chi connectivity index (χ1n) is 11.1. The Morgan fingerprint density at radius 1 is 0.485 bits per heavy atom. The Morgan fingerprint density at radius 2 is 0.788 bits per heavy atom. The molecule has 4 aromatic carbocycles. The maximum absolute atomic E-state index is 11.5. The van der Waals surface area contributed by atoms with Gasteiger partial charge in [0.15, 0.2) is 0 Å². The van der Waals surface area contributed by atoms with E-state index in [-0.39, 0.29) is 4.90 Å². The molecule has 0 heterocycles. The van der Waals surface area contributed by atoms with Crippen LogP contribution in [0, 0.1) is 0 Å². The Hall–Kier alpha value is -2.99. The van der Waals surface area contributed by atoms with Gasteiger partial charge in [0.25, 0.3) is 10.1 Å². The van der Waals surface area contributed by atoms with Crippen LogP contribution in [0.25, 0.3) is 0 Å². The van der Waals surface area contributed by atoms with Crippen LogP contribution in [0.2, 0.25) is 0 Å². The summed E-state index contributed by atoms with van der Waals surface area (Å²) in [4.78, 5) is -0.0623. The fourth-order valence-corrected chi connectivity index (χ4v) is 10.3. The quantitative estimate of drug-likeness (QED) is 0.247. The molecule has 33 heavy (non-hydrogen) atoms. The second-order valence-corrected chi connectivity index (χ2v) is 14.6. The molecule has 0 atom stereocenters. The van der Waals surface area contributed by atoms with E-state index in [4.69, 9.17) is 0 Å². The second kappa shape index (κ2) is 10.3. The van der Waals surface area contributed by atoms with Crippen molar-refractivity contribution in [3.05, 3.63) is 138 Å². The molecule has 168 valence electrons. The molecule has 4 rings (SSSR count). The SMILES string of the molecule is O=S(=O)(O)c1ccc(C[Si](Cc2ccccc2)(Cc2ccccc2)Cc2ccccc2)cc1. The van der Waals surface area contributed by atoms with Crippen molar-refractivity contribution >= 4 is 18.2 Å². The van der Waals surface area contributed by atoms with Gasteiger partial charge in [-0.3, -0.25) is 4.55 Å². The molecular formula is C28H28O3SSi. The Bertz CT molecular complexity index is 1160. The molecule has 0 spiro atoms. The molecular weight excluding hydrogens is 444 g/mol. The van der Waals surface area contributed by atoms with Crippen molar-refractivity contribution in [3.8, 4) is 0 Å². The molecule has 0 radical (unpaired) electrons. The first kappa shape index (κ1) is 23.2. The third-order valence-electron chi connectivity index (χ3n) is 6.07. The van der Waals surface area contributed by atoms with E-state index in [0.29, 0.717) is 0 Å². The van der Waals surface area contributed by atoms with Crippen LogP contribution < -0.4 is 0 Å². The van der Waals surface area contributed by atoms with Gasteiger partial charge in [0.2, 0.25) is 0 Å². The molecule has 0 aliphatic carbocycles. The predicted octanol–water partition coefficient (Wildman–Crippen LogP) is 5.81. The Kier molecular flexibility index (Phi) is 7.23. The van der Waals surface area contributed by atoms with Gasteiger partial charge >= 0.3 is 0 Å². The van der Waals surface area contributed by atoms with Gasteiger partial charge in [0, 0.05) is 0 Å². The minimum atomic E-state index is -4.20. The molecule has 0 amide bonds. The van der Waals surface area contributed by atoms with E-state index in [0.717, 1.165) is 29.7 Å². The van der Waals surface area contributed by atoms with Crippen molar-refractivity contribution in [2.45, 2.75) is 29.1 Å². The van der Waals surface area contributed by atoms with Gasteiger partial charge in [-0.25, -0.2) is 0 Å². The lowest BCUT2D eigenvalue weighted by Gasteiger charge is -2.33. The minimum Gasteiger partial charge on any atom is -0.282 e. The number of hydrogen-bond donors (Lipinski definition) is 1. The third-order valence-corrected chi connectivity index (χ3v) is 11.6. The van der Waals surface area contributed by atoms with Crippen molar-refractivity contribution in [2.75, 3.05) is 0 Å². The van der Waals surface area contributed by atoms with E-state index in [1.807, 2.05) is 12.1 Å². The molecule has 0 aliphatic rings. The largest absolute Gasteiger partial charge is 0.294 e. The van der Waals surface area contributed by atoms with Crippen LogP contribution in [0.5, 0.6) is 0 Å². The summed E-state index contributed by atoms with van der Waals surface area (Å²) in [5.74, 6) is 0. The summed E-state index contributed by atoms with van der Waals surface area (Å²) in [6.45, 7) is 0. The van der Waals surface area contributed by atoms with Gasteiger partial charge in [-0.2, -0.15) is 8.42 Å². The normalized spacial score (nSPS) is 11.9. The highest BCUT2D eigenvalue weighted by Gasteiger charge is 2.34. The van der Waals surface area contributed by atoms with E-state index in [1.54, 1.807) is 0 Å². The van der Waals surface area contributed by atoms with E-state index in [1.165, 1.54) is 28.8 Å². The topological polar surface area (TPSA) is 54.4 Å². The average molecular weight is 473 g/mol. The van der Waals surface area contributed by atoms with Gasteiger partial charge in [-0.05, 0) is 36.3 Å².